The Morgan fingerprint density at radius 2 is 1.68 bits per heavy atom. The first-order valence-corrected chi connectivity index (χ1v) is 8.16. The Morgan fingerprint density at radius 1 is 1.18 bits per heavy atom. The van der Waals surface area contributed by atoms with Gasteiger partial charge in [-0.3, -0.25) is 0 Å². The maximum atomic E-state index is 9.58. The minimum absolute atomic E-state index is 0.235. The van der Waals surface area contributed by atoms with Crippen LogP contribution < -0.4 is 0 Å². The number of hydrogen-bond donors (Lipinski definition) is 1. The van der Waals surface area contributed by atoms with Gasteiger partial charge in [0.15, 0.2) is 0 Å². The molecule has 0 amide bonds. The molecule has 0 aliphatic carbocycles. The predicted molar refractivity (Wildman–Crippen MR) is 86.9 cm³/mol. The molecule has 1 N–H and O–H groups in total. The molecule has 2 aliphatic rings. The van der Waals surface area contributed by atoms with Crippen LogP contribution >= 0.6 is 23.2 Å². The molecule has 22 heavy (non-hydrogen) atoms. The van der Waals surface area contributed by atoms with Crippen LogP contribution in [0.4, 0.5) is 0 Å². The first-order valence-electron chi connectivity index (χ1n) is 7.29. The minimum Gasteiger partial charge on any atom is -0.508 e. The molecular formula is C16H22Cl2O4. The van der Waals surface area contributed by atoms with E-state index in [0.29, 0.717) is 12.2 Å². The lowest BCUT2D eigenvalue weighted by Gasteiger charge is -2.27. The molecule has 4 nitrogen and oxygen atoms in total. The van der Waals surface area contributed by atoms with Gasteiger partial charge in [-0.25, -0.2) is 0 Å². The highest BCUT2D eigenvalue weighted by molar-refractivity contribution is 6.45. The molecule has 0 aromatic heterocycles. The maximum Gasteiger partial charge on any atom is 0.119 e. The third-order valence-corrected chi connectivity index (χ3v) is 4.65. The first-order chi connectivity index (χ1) is 10.4. The normalized spacial score (nSPS) is 23.0. The van der Waals surface area contributed by atoms with E-state index in [1.54, 1.807) is 12.1 Å². The van der Waals surface area contributed by atoms with E-state index in [4.69, 9.17) is 37.4 Å². The zero-order valence-electron chi connectivity index (χ0n) is 12.8. The van der Waals surface area contributed by atoms with Crippen LogP contribution in [0.3, 0.4) is 0 Å². The van der Waals surface area contributed by atoms with Crippen LogP contribution in [0.15, 0.2) is 24.3 Å². The monoisotopic (exact) mass is 348 g/mol. The molecule has 124 valence electrons. The molecule has 1 aromatic carbocycles. The number of epoxide rings is 2. The molecule has 3 rings (SSSR count). The summed E-state index contributed by atoms with van der Waals surface area (Å²) in [7, 11) is 0. The van der Waals surface area contributed by atoms with E-state index >= 15 is 0 Å². The van der Waals surface area contributed by atoms with Crippen LogP contribution in [0, 0.1) is 0 Å². The average Bonchev–Trinajstić information content (AvgIpc) is 3.34. The van der Waals surface area contributed by atoms with E-state index < -0.39 is 10.3 Å². The molecule has 6 heteroatoms. The fourth-order valence-corrected chi connectivity index (χ4v) is 2.03. The van der Waals surface area contributed by atoms with Crippen LogP contribution in [0.5, 0.6) is 5.75 Å². The summed E-state index contributed by atoms with van der Waals surface area (Å²) in [6.45, 7) is 7.05. The van der Waals surface area contributed by atoms with Gasteiger partial charge < -0.3 is 19.3 Å². The van der Waals surface area contributed by atoms with E-state index in [1.807, 2.05) is 26.0 Å². The molecule has 2 fully saturated rings. The molecule has 0 radical (unpaired) electrons. The fraction of sp³-hybridized carbons (Fsp3) is 0.625. The molecule has 2 aliphatic heterocycles. The van der Waals surface area contributed by atoms with Gasteiger partial charge in [0.1, 0.15) is 22.8 Å². The van der Waals surface area contributed by atoms with Crippen molar-refractivity contribution in [3.63, 3.8) is 0 Å². The van der Waals surface area contributed by atoms with Crippen LogP contribution in [-0.4, -0.2) is 48.6 Å². The Bertz CT molecular complexity index is 459. The molecule has 2 heterocycles. The van der Waals surface area contributed by atoms with Gasteiger partial charge in [0.25, 0.3) is 0 Å². The number of alkyl halides is 2. The van der Waals surface area contributed by atoms with Crippen molar-refractivity contribution in [2.75, 3.05) is 26.4 Å². The molecule has 0 spiro atoms. The van der Waals surface area contributed by atoms with Crippen LogP contribution in [0.2, 0.25) is 0 Å². The highest BCUT2D eigenvalue weighted by Crippen LogP contribution is 2.37. The van der Waals surface area contributed by atoms with Gasteiger partial charge in [-0.2, -0.15) is 0 Å². The fourth-order valence-electron chi connectivity index (χ4n) is 1.80. The SMILES string of the molecule is C(OCC1CO1)C1CO1.CC(C)(c1ccccc1O)C(Cl)Cl. The van der Waals surface area contributed by atoms with Gasteiger partial charge in [-0.05, 0) is 6.07 Å². The average molecular weight is 349 g/mol. The van der Waals surface area contributed by atoms with E-state index in [1.165, 1.54) is 0 Å². The summed E-state index contributed by atoms with van der Waals surface area (Å²) in [6.07, 6.45) is 0.785. The largest absolute Gasteiger partial charge is 0.508 e. The molecule has 1 aromatic rings. The zero-order valence-corrected chi connectivity index (χ0v) is 14.3. The van der Waals surface area contributed by atoms with Crippen molar-refractivity contribution in [2.45, 2.75) is 36.3 Å². The van der Waals surface area contributed by atoms with E-state index in [-0.39, 0.29) is 5.75 Å². The second-order valence-electron chi connectivity index (χ2n) is 5.99. The van der Waals surface area contributed by atoms with Crippen molar-refractivity contribution in [1.29, 1.82) is 0 Å². The van der Waals surface area contributed by atoms with Gasteiger partial charge in [0.2, 0.25) is 0 Å². The lowest BCUT2D eigenvalue weighted by atomic mass is 9.86. The summed E-state index contributed by atoms with van der Waals surface area (Å²) in [6, 6.07) is 7.08. The standard InChI is InChI=1S/C10H12Cl2O.C6H10O3/c1-10(2,9(11)12)7-5-3-4-6-8(7)13;1(5-3-8-5)7-2-6-4-9-6/h3-6,9,13H,1-2H3;5-6H,1-4H2. The number of aromatic hydroxyl groups is 1. The summed E-state index contributed by atoms with van der Waals surface area (Å²) < 4.78 is 15.1. The Hall–Kier alpha value is -0.520. The number of halogens is 2. The quantitative estimate of drug-likeness (QED) is 0.633. The third-order valence-electron chi connectivity index (χ3n) is 3.56. The molecule has 0 saturated carbocycles. The van der Waals surface area contributed by atoms with Gasteiger partial charge in [-0.15, -0.1) is 23.2 Å². The molecule has 2 saturated heterocycles. The molecule has 0 bridgehead atoms. The van der Waals surface area contributed by atoms with E-state index in [9.17, 15) is 5.11 Å². The Kier molecular flexibility index (Phi) is 6.36. The van der Waals surface area contributed by atoms with Crippen LogP contribution in [0.1, 0.15) is 19.4 Å². The van der Waals surface area contributed by atoms with Gasteiger partial charge in [-0.1, -0.05) is 32.0 Å². The smallest absolute Gasteiger partial charge is 0.119 e. The second-order valence-corrected chi connectivity index (χ2v) is 7.08. The van der Waals surface area contributed by atoms with E-state index in [2.05, 4.69) is 0 Å². The van der Waals surface area contributed by atoms with Crippen molar-refractivity contribution in [2.24, 2.45) is 0 Å². The molecule has 2 atom stereocenters. The summed E-state index contributed by atoms with van der Waals surface area (Å²) in [5, 5.41) is 9.58. The first kappa shape index (κ1) is 17.8. The Balaban J connectivity index is 0.000000170. The second kappa shape index (κ2) is 7.84. The Morgan fingerprint density at radius 3 is 2.09 bits per heavy atom. The van der Waals surface area contributed by atoms with Crippen LogP contribution in [-0.2, 0) is 19.6 Å². The summed E-state index contributed by atoms with van der Waals surface area (Å²) in [5.41, 5.74) is 0.332. The summed E-state index contributed by atoms with van der Waals surface area (Å²) in [5.74, 6) is 0.235. The summed E-state index contributed by atoms with van der Waals surface area (Å²) in [4.78, 5) is -0.541. The van der Waals surface area contributed by atoms with Crippen molar-refractivity contribution >= 4 is 23.2 Å². The van der Waals surface area contributed by atoms with Crippen molar-refractivity contribution in [1.82, 2.24) is 0 Å². The third kappa shape index (κ3) is 5.60. The number of benzene rings is 1. The van der Waals surface area contributed by atoms with Gasteiger partial charge in [0.05, 0.1) is 26.4 Å². The lowest BCUT2D eigenvalue weighted by Crippen LogP contribution is -2.25. The van der Waals surface area contributed by atoms with E-state index in [0.717, 1.165) is 32.0 Å². The topological polar surface area (TPSA) is 54.5 Å². The highest BCUT2D eigenvalue weighted by Gasteiger charge is 2.30. The number of phenolic OH excluding ortho intramolecular Hbond substituents is 1. The van der Waals surface area contributed by atoms with Crippen LogP contribution in [0.25, 0.3) is 0 Å². The number of para-hydroxylation sites is 1. The number of ether oxygens (including phenoxy) is 3. The number of rotatable bonds is 6. The Labute approximate surface area is 141 Å². The summed E-state index contributed by atoms with van der Waals surface area (Å²) >= 11 is 11.7. The number of hydrogen-bond acceptors (Lipinski definition) is 4. The minimum atomic E-state index is -0.541. The molecule has 2 unspecified atom stereocenters. The van der Waals surface area contributed by atoms with Crippen molar-refractivity contribution < 1.29 is 19.3 Å². The van der Waals surface area contributed by atoms with Gasteiger partial charge in [0, 0.05) is 11.0 Å². The van der Waals surface area contributed by atoms with Crippen molar-refractivity contribution in [3.05, 3.63) is 29.8 Å². The van der Waals surface area contributed by atoms with Gasteiger partial charge >= 0.3 is 0 Å². The lowest BCUT2D eigenvalue weighted by molar-refractivity contribution is 0.102. The zero-order chi connectivity index (χ0) is 16.2. The van der Waals surface area contributed by atoms with Crippen molar-refractivity contribution in [3.8, 4) is 5.75 Å². The predicted octanol–water partition coefficient (Wildman–Crippen LogP) is 3.27. The maximum absolute atomic E-state index is 9.58. The number of phenols is 1. The molecular weight excluding hydrogens is 327 g/mol. The highest BCUT2D eigenvalue weighted by atomic mass is 35.5.